The van der Waals surface area contributed by atoms with Crippen LogP contribution in [0.5, 0.6) is 0 Å². The van der Waals surface area contributed by atoms with Crippen molar-refractivity contribution in [3.05, 3.63) is 59.4 Å². The summed E-state index contributed by atoms with van der Waals surface area (Å²) in [6.45, 7) is 2.58. The Bertz CT molecular complexity index is 633. The second-order valence-corrected chi connectivity index (χ2v) is 5.55. The second-order valence-electron chi connectivity index (χ2n) is 5.55. The number of hydrogen-bond donors (Lipinski definition) is 2. The molecule has 1 aliphatic rings. The highest BCUT2D eigenvalue weighted by Crippen LogP contribution is 2.24. The SMILES string of the molecule is Cc1ccc(CNC(=O)c2cncc(NC3CC3)c2)cc1. The van der Waals surface area contributed by atoms with Crippen LogP contribution >= 0.6 is 0 Å². The number of carbonyl (C=O) groups is 1. The minimum absolute atomic E-state index is 0.0949. The monoisotopic (exact) mass is 281 g/mol. The molecule has 0 spiro atoms. The molecule has 1 aromatic carbocycles. The first-order valence-electron chi connectivity index (χ1n) is 7.26. The summed E-state index contributed by atoms with van der Waals surface area (Å²) in [5.41, 5.74) is 3.82. The van der Waals surface area contributed by atoms with E-state index in [0.29, 0.717) is 18.2 Å². The molecule has 1 saturated carbocycles. The molecule has 2 N–H and O–H groups in total. The number of aromatic nitrogens is 1. The fraction of sp³-hybridized carbons (Fsp3) is 0.294. The average molecular weight is 281 g/mol. The number of pyridine rings is 1. The molecular formula is C17H19N3O. The van der Waals surface area contributed by atoms with Crippen molar-refractivity contribution >= 4 is 11.6 Å². The smallest absolute Gasteiger partial charge is 0.253 e. The van der Waals surface area contributed by atoms with Gasteiger partial charge >= 0.3 is 0 Å². The van der Waals surface area contributed by atoms with E-state index in [1.807, 2.05) is 37.3 Å². The maximum Gasteiger partial charge on any atom is 0.253 e. The molecular weight excluding hydrogens is 262 g/mol. The van der Waals surface area contributed by atoms with E-state index in [2.05, 4.69) is 15.6 Å². The van der Waals surface area contributed by atoms with Gasteiger partial charge in [-0.3, -0.25) is 9.78 Å². The number of carbonyl (C=O) groups excluding carboxylic acids is 1. The number of rotatable bonds is 5. The fourth-order valence-corrected chi connectivity index (χ4v) is 2.10. The lowest BCUT2D eigenvalue weighted by Crippen LogP contribution is -2.23. The van der Waals surface area contributed by atoms with Crippen molar-refractivity contribution in [3.8, 4) is 0 Å². The summed E-state index contributed by atoms with van der Waals surface area (Å²) in [4.78, 5) is 16.3. The third-order valence-corrected chi connectivity index (χ3v) is 3.52. The number of aryl methyl sites for hydroxylation is 1. The highest BCUT2D eigenvalue weighted by atomic mass is 16.1. The van der Waals surface area contributed by atoms with Crippen molar-refractivity contribution < 1.29 is 4.79 Å². The van der Waals surface area contributed by atoms with E-state index < -0.39 is 0 Å². The van der Waals surface area contributed by atoms with Gasteiger partial charge in [0.2, 0.25) is 0 Å². The third-order valence-electron chi connectivity index (χ3n) is 3.52. The summed E-state index contributed by atoms with van der Waals surface area (Å²) in [5.74, 6) is -0.0949. The van der Waals surface area contributed by atoms with E-state index in [4.69, 9.17) is 0 Å². The maximum absolute atomic E-state index is 12.2. The van der Waals surface area contributed by atoms with Crippen LogP contribution in [0.2, 0.25) is 0 Å². The molecule has 1 fully saturated rings. The summed E-state index contributed by atoms with van der Waals surface area (Å²) in [7, 11) is 0. The first-order valence-corrected chi connectivity index (χ1v) is 7.26. The number of hydrogen-bond acceptors (Lipinski definition) is 3. The van der Waals surface area contributed by atoms with Crippen molar-refractivity contribution in [2.45, 2.75) is 32.4 Å². The molecule has 2 aromatic rings. The first-order chi connectivity index (χ1) is 10.2. The predicted molar refractivity (Wildman–Crippen MR) is 83.2 cm³/mol. The van der Waals surface area contributed by atoms with Gasteiger partial charge in [-0.05, 0) is 31.4 Å². The van der Waals surface area contributed by atoms with Crippen molar-refractivity contribution in [2.24, 2.45) is 0 Å². The third kappa shape index (κ3) is 3.81. The van der Waals surface area contributed by atoms with E-state index in [9.17, 15) is 4.79 Å². The van der Waals surface area contributed by atoms with E-state index in [1.54, 1.807) is 12.4 Å². The molecule has 108 valence electrons. The van der Waals surface area contributed by atoms with Gasteiger partial charge in [-0.1, -0.05) is 29.8 Å². The van der Waals surface area contributed by atoms with Gasteiger partial charge in [0.25, 0.3) is 5.91 Å². The van der Waals surface area contributed by atoms with E-state index in [-0.39, 0.29) is 5.91 Å². The number of nitrogens with zero attached hydrogens (tertiary/aromatic N) is 1. The second kappa shape index (κ2) is 5.95. The average Bonchev–Trinajstić information content (AvgIpc) is 3.30. The molecule has 0 aliphatic heterocycles. The molecule has 3 rings (SSSR count). The minimum atomic E-state index is -0.0949. The van der Waals surface area contributed by atoms with Gasteiger partial charge in [-0.25, -0.2) is 0 Å². The van der Waals surface area contributed by atoms with Crippen LogP contribution in [-0.4, -0.2) is 16.9 Å². The zero-order valence-corrected chi connectivity index (χ0v) is 12.1. The van der Waals surface area contributed by atoms with E-state index in [1.165, 1.54) is 18.4 Å². The highest BCUT2D eigenvalue weighted by molar-refractivity contribution is 5.94. The summed E-state index contributed by atoms with van der Waals surface area (Å²) >= 11 is 0. The molecule has 0 unspecified atom stereocenters. The molecule has 0 radical (unpaired) electrons. The molecule has 0 bridgehead atoms. The lowest BCUT2D eigenvalue weighted by Gasteiger charge is -2.08. The minimum Gasteiger partial charge on any atom is -0.381 e. The Balaban J connectivity index is 1.60. The van der Waals surface area contributed by atoms with Crippen LogP contribution < -0.4 is 10.6 Å². The van der Waals surface area contributed by atoms with Gasteiger partial charge in [0, 0.05) is 25.0 Å². The Morgan fingerprint density at radius 1 is 1.24 bits per heavy atom. The molecule has 0 saturated heterocycles. The normalized spacial score (nSPS) is 13.8. The molecule has 0 atom stereocenters. The zero-order chi connectivity index (χ0) is 14.7. The van der Waals surface area contributed by atoms with E-state index >= 15 is 0 Å². The predicted octanol–water partition coefficient (Wildman–Crippen LogP) is 2.89. The Hall–Kier alpha value is -2.36. The fourth-order valence-electron chi connectivity index (χ4n) is 2.10. The number of nitrogens with one attached hydrogen (secondary N) is 2. The van der Waals surface area contributed by atoms with Gasteiger partial charge < -0.3 is 10.6 Å². The summed E-state index contributed by atoms with van der Waals surface area (Å²) in [5, 5.41) is 6.27. The quantitative estimate of drug-likeness (QED) is 0.886. The molecule has 1 heterocycles. The Morgan fingerprint density at radius 3 is 2.71 bits per heavy atom. The van der Waals surface area contributed by atoms with Crippen LogP contribution in [0.1, 0.15) is 34.3 Å². The topological polar surface area (TPSA) is 54.0 Å². The van der Waals surface area contributed by atoms with Crippen molar-refractivity contribution in [2.75, 3.05) is 5.32 Å². The lowest BCUT2D eigenvalue weighted by atomic mass is 10.1. The Kier molecular flexibility index (Phi) is 3.86. The summed E-state index contributed by atoms with van der Waals surface area (Å²) in [6, 6.07) is 10.6. The molecule has 21 heavy (non-hydrogen) atoms. The van der Waals surface area contributed by atoms with Crippen LogP contribution in [0.25, 0.3) is 0 Å². The summed E-state index contributed by atoms with van der Waals surface area (Å²) < 4.78 is 0. The maximum atomic E-state index is 12.2. The van der Waals surface area contributed by atoms with Crippen molar-refractivity contribution in [1.82, 2.24) is 10.3 Å². The largest absolute Gasteiger partial charge is 0.381 e. The zero-order valence-electron chi connectivity index (χ0n) is 12.1. The number of anilines is 1. The van der Waals surface area contributed by atoms with Crippen LogP contribution in [0.3, 0.4) is 0 Å². The number of benzene rings is 1. The van der Waals surface area contributed by atoms with Gasteiger partial charge in [0.15, 0.2) is 0 Å². The lowest BCUT2D eigenvalue weighted by molar-refractivity contribution is 0.0950. The van der Waals surface area contributed by atoms with Crippen LogP contribution in [0.4, 0.5) is 5.69 Å². The molecule has 1 aromatic heterocycles. The van der Waals surface area contributed by atoms with Gasteiger partial charge in [-0.2, -0.15) is 0 Å². The van der Waals surface area contributed by atoms with Crippen molar-refractivity contribution in [1.29, 1.82) is 0 Å². The Labute approximate surface area is 124 Å². The summed E-state index contributed by atoms with van der Waals surface area (Å²) in [6.07, 6.45) is 5.76. The highest BCUT2D eigenvalue weighted by Gasteiger charge is 2.21. The van der Waals surface area contributed by atoms with Gasteiger partial charge in [0.1, 0.15) is 0 Å². The molecule has 1 amide bonds. The standard InChI is InChI=1S/C17H19N3O/c1-12-2-4-13(5-3-12)9-19-17(21)14-8-16(11-18-10-14)20-15-6-7-15/h2-5,8,10-11,15,20H,6-7,9H2,1H3,(H,19,21). The first kappa shape index (κ1) is 13.6. The van der Waals surface area contributed by atoms with Crippen LogP contribution in [0, 0.1) is 6.92 Å². The number of amides is 1. The molecule has 1 aliphatic carbocycles. The van der Waals surface area contributed by atoms with Crippen molar-refractivity contribution in [3.63, 3.8) is 0 Å². The van der Waals surface area contributed by atoms with Gasteiger partial charge in [-0.15, -0.1) is 0 Å². The molecule has 4 nitrogen and oxygen atoms in total. The van der Waals surface area contributed by atoms with E-state index in [0.717, 1.165) is 11.3 Å². The molecule has 4 heteroatoms. The van der Waals surface area contributed by atoms with Crippen LogP contribution in [-0.2, 0) is 6.54 Å². The van der Waals surface area contributed by atoms with Gasteiger partial charge in [0.05, 0.1) is 11.3 Å². The van der Waals surface area contributed by atoms with Crippen LogP contribution in [0.15, 0.2) is 42.7 Å². The Morgan fingerprint density at radius 2 is 2.00 bits per heavy atom.